The minimum absolute atomic E-state index is 0. The Kier molecular flexibility index (Phi) is 4.25. The maximum Gasteiger partial charge on any atom is 0.336 e. The number of carboxylic acids is 2. The highest BCUT2D eigenvalue weighted by Crippen LogP contribution is 2.11. The molecule has 0 aliphatic heterocycles. The van der Waals surface area contributed by atoms with Gasteiger partial charge in [0, 0.05) is 9.90 Å². The van der Waals surface area contributed by atoms with Crippen molar-refractivity contribution in [3.05, 3.63) is 34.9 Å². The fourth-order valence-electron chi connectivity index (χ4n) is 1.02. The van der Waals surface area contributed by atoms with Crippen molar-refractivity contribution in [1.82, 2.24) is 0 Å². The second-order valence-electron chi connectivity index (χ2n) is 2.66. The Bertz CT molecular complexity index is 373. The van der Waals surface area contributed by atoms with E-state index in [0.717, 1.165) is 5.56 Å². The Morgan fingerprint density at radius 2 is 1.57 bits per heavy atom. The zero-order chi connectivity index (χ0) is 10.0. The molecule has 1 aromatic rings. The molecule has 2 N–H and O–H groups in total. The van der Waals surface area contributed by atoms with Crippen LogP contribution in [0.15, 0.2) is 18.2 Å². The minimum atomic E-state index is -1.22. The first-order valence-corrected chi connectivity index (χ1v) is 3.59. The van der Waals surface area contributed by atoms with Gasteiger partial charge in [-0.3, -0.25) is 0 Å². The lowest BCUT2D eigenvalue weighted by Gasteiger charge is -2.01. The van der Waals surface area contributed by atoms with Crippen LogP contribution in [0.5, 0.6) is 0 Å². The first-order valence-electron chi connectivity index (χ1n) is 3.59. The van der Waals surface area contributed by atoms with E-state index < -0.39 is 11.9 Å². The van der Waals surface area contributed by atoms with Crippen molar-refractivity contribution < 1.29 is 19.8 Å². The molecule has 0 aliphatic rings. The van der Waals surface area contributed by atoms with Crippen molar-refractivity contribution >= 4 is 21.8 Å². The molecular weight excluding hydrogens is 203 g/mol. The molecule has 14 heavy (non-hydrogen) atoms. The average molecular weight is 211 g/mol. The molecule has 0 spiro atoms. The number of rotatable bonds is 2. The van der Waals surface area contributed by atoms with E-state index in [0.29, 0.717) is 0 Å². The number of benzene rings is 1. The summed E-state index contributed by atoms with van der Waals surface area (Å²) in [5.41, 5.74) is 0.369. The number of hydrogen-bond donors (Lipinski definition) is 2. The quantitative estimate of drug-likeness (QED) is 0.735. The van der Waals surface area contributed by atoms with Crippen molar-refractivity contribution in [3.8, 4) is 0 Å². The molecule has 0 unspecified atom stereocenters. The molecule has 0 bridgehead atoms. The summed E-state index contributed by atoms with van der Waals surface area (Å²) in [7, 11) is 0. The topological polar surface area (TPSA) is 74.6 Å². The van der Waals surface area contributed by atoms with Gasteiger partial charge in [-0.05, 0) is 19.1 Å². The number of aryl methyl sites for hydroxylation is 1. The van der Waals surface area contributed by atoms with Gasteiger partial charge < -0.3 is 10.2 Å². The van der Waals surface area contributed by atoms with E-state index in [2.05, 4.69) is 0 Å². The number of hydrogen-bond acceptors (Lipinski definition) is 2. The largest absolute Gasteiger partial charge is 0.478 e. The minimum Gasteiger partial charge on any atom is -0.478 e. The SMILES string of the molecule is Cc1ccc(C(=O)O)c(C(=O)O)c1.[P]. The van der Waals surface area contributed by atoms with Crippen molar-refractivity contribution in [2.45, 2.75) is 6.92 Å². The molecule has 3 radical (unpaired) electrons. The highest BCUT2D eigenvalue weighted by molar-refractivity contribution is 6.92. The third kappa shape index (κ3) is 2.54. The van der Waals surface area contributed by atoms with Gasteiger partial charge in [0.2, 0.25) is 0 Å². The van der Waals surface area contributed by atoms with Crippen molar-refractivity contribution in [2.24, 2.45) is 0 Å². The van der Waals surface area contributed by atoms with E-state index in [1.165, 1.54) is 12.1 Å². The molecule has 0 heterocycles. The van der Waals surface area contributed by atoms with Crippen LogP contribution in [0.2, 0.25) is 0 Å². The smallest absolute Gasteiger partial charge is 0.336 e. The van der Waals surface area contributed by atoms with Gasteiger partial charge in [-0.25, -0.2) is 9.59 Å². The maximum atomic E-state index is 10.6. The molecular formula is C9H8O4P. The Hall–Kier alpha value is -1.41. The zero-order valence-corrected chi connectivity index (χ0v) is 8.28. The first-order chi connectivity index (χ1) is 6.02. The Morgan fingerprint density at radius 3 is 2.00 bits per heavy atom. The van der Waals surface area contributed by atoms with Gasteiger partial charge >= 0.3 is 11.9 Å². The predicted octanol–water partition coefficient (Wildman–Crippen LogP) is 2.25. The lowest BCUT2D eigenvalue weighted by atomic mass is 10.0. The standard InChI is InChI=1S/C9H8O4.P/c1-5-2-3-6(8(10)11)7(4-5)9(12)13;/h2-4H,1H3,(H,10,11)(H,12,13);. The summed E-state index contributed by atoms with van der Waals surface area (Å²) in [6.45, 7) is 1.71. The van der Waals surface area contributed by atoms with Crippen molar-refractivity contribution in [1.29, 1.82) is 0 Å². The molecule has 73 valence electrons. The summed E-state index contributed by atoms with van der Waals surface area (Å²) < 4.78 is 0. The average Bonchev–Trinajstić information content (AvgIpc) is 2.03. The van der Waals surface area contributed by atoms with Crippen LogP contribution in [-0.4, -0.2) is 22.2 Å². The Balaban J connectivity index is 0.00000169. The van der Waals surface area contributed by atoms with Crippen LogP contribution in [0.3, 0.4) is 0 Å². The summed E-state index contributed by atoms with van der Waals surface area (Å²) in [6.07, 6.45) is 0. The maximum absolute atomic E-state index is 10.6. The van der Waals surface area contributed by atoms with Crippen LogP contribution < -0.4 is 0 Å². The summed E-state index contributed by atoms with van der Waals surface area (Å²) in [5.74, 6) is -2.45. The van der Waals surface area contributed by atoms with E-state index in [1.54, 1.807) is 13.0 Å². The van der Waals surface area contributed by atoms with Crippen molar-refractivity contribution in [2.75, 3.05) is 0 Å². The van der Waals surface area contributed by atoms with Crippen LogP contribution in [0.25, 0.3) is 0 Å². The van der Waals surface area contributed by atoms with E-state index >= 15 is 0 Å². The summed E-state index contributed by atoms with van der Waals surface area (Å²) in [6, 6.07) is 4.20. The van der Waals surface area contributed by atoms with Crippen LogP contribution in [0, 0.1) is 6.92 Å². The Labute approximate surface area is 84.2 Å². The molecule has 0 amide bonds. The fraction of sp³-hybridized carbons (Fsp3) is 0.111. The number of carbonyl (C=O) groups is 2. The van der Waals surface area contributed by atoms with Gasteiger partial charge in [-0.1, -0.05) is 11.6 Å². The summed E-state index contributed by atoms with van der Waals surface area (Å²) >= 11 is 0. The zero-order valence-electron chi connectivity index (χ0n) is 7.39. The highest BCUT2D eigenvalue weighted by atomic mass is 31.0. The summed E-state index contributed by atoms with van der Waals surface area (Å²) in [4.78, 5) is 21.2. The molecule has 1 rings (SSSR count). The van der Waals surface area contributed by atoms with E-state index in [9.17, 15) is 9.59 Å². The van der Waals surface area contributed by atoms with Gasteiger partial charge in [-0.15, -0.1) is 0 Å². The monoisotopic (exact) mass is 211 g/mol. The fourth-order valence-corrected chi connectivity index (χ4v) is 1.02. The lowest BCUT2D eigenvalue weighted by Crippen LogP contribution is -2.07. The van der Waals surface area contributed by atoms with Crippen LogP contribution >= 0.6 is 9.90 Å². The molecule has 0 atom stereocenters. The second-order valence-corrected chi connectivity index (χ2v) is 2.66. The number of aromatic carboxylic acids is 2. The molecule has 4 nitrogen and oxygen atoms in total. The molecule has 0 saturated carbocycles. The number of carboxylic acid groups (broad SMARTS) is 2. The molecule has 0 aliphatic carbocycles. The molecule has 0 aromatic heterocycles. The van der Waals surface area contributed by atoms with Gasteiger partial charge in [0.15, 0.2) is 0 Å². The van der Waals surface area contributed by atoms with Crippen LogP contribution in [0.4, 0.5) is 0 Å². The van der Waals surface area contributed by atoms with Gasteiger partial charge in [0.05, 0.1) is 11.1 Å². The van der Waals surface area contributed by atoms with Gasteiger partial charge in [0.25, 0.3) is 0 Å². The van der Waals surface area contributed by atoms with Gasteiger partial charge in [-0.2, -0.15) is 0 Å². The first kappa shape index (κ1) is 12.6. The van der Waals surface area contributed by atoms with E-state index in [4.69, 9.17) is 10.2 Å². The molecule has 0 saturated heterocycles. The van der Waals surface area contributed by atoms with Gasteiger partial charge in [0.1, 0.15) is 0 Å². The third-order valence-electron chi connectivity index (χ3n) is 1.64. The highest BCUT2D eigenvalue weighted by Gasteiger charge is 2.14. The van der Waals surface area contributed by atoms with Crippen LogP contribution in [0.1, 0.15) is 26.3 Å². The summed E-state index contributed by atoms with van der Waals surface area (Å²) in [5, 5.41) is 17.3. The third-order valence-corrected chi connectivity index (χ3v) is 1.64. The van der Waals surface area contributed by atoms with Crippen molar-refractivity contribution in [3.63, 3.8) is 0 Å². The molecule has 5 heteroatoms. The van der Waals surface area contributed by atoms with E-state index in [1.807, 2.05) is 0 Å². The molecule has 0 fully saturated rings. The Morgan fingerprint density at radius 1 is 1.07 bits per heavy atom. The van der Waals surface area contributed by atoms with E-state index in [-0.39, 0.29) is 21.0 Å². The predicted molar refractivity (Wildman–Crippen MR) is 52.0 cm³/mol. The lowest BCUT2D eigenvalue weighted by molar-refractivity contribution is 0.0651. The normalized spacial score (nSPS) is 8.93. The van der Waals surface area contributed by atoms with Crippen LogP contribution in [-0.2, 0) is 0 Å². The second kappa shape index (κ2) is 4.72. The molecule has 1 aromatic carbocycles.